The number of piperazine rings is 1. The number of para-hydroxylation sites is 1. The predicted molar refractivity (Wildman–Crippen MR) is 85.7 cm³/mol. The van der Waals surface area contributed by atoms with Crippen molar-refractivity contribution in [3.63, 3.8) is 0 Å². The number of carbonyl (C=O) groups excluding carboxylic acids is 1. The number of hydrogen-bond acceptors (Lipinski definition) is 3. The fraction of sp³-hybridized carbons (Fsp3) is 0.588. The van der Waals surface area contributed by atoms with Gasteiger partial charge >= 0.3 is 0 Å². The van der Waals surface area contributed by atoms with Crippen LogP contribution in [0.4, 0.5) is 5.69 Å². The van der Waals surface area contributed by atoms with E-state index in [2.05, 4.69) is 41.1 Å². The summed E-state index contributed by atoms with van der Waals surface area (Å²) in [6.07, 6.45) is 3.00. The molecule has 0 saturated carbocycles. The first kappa shape index (κ1) is 14.4. The average Bonchev–Trinajstić information content (AvgIpc) is 2.53. The third-order valence-corrected chi connectivity index (χ3v) is 4.66. The normalized spacial score (nSPS) is 19.5. The van der Waals surface area contributed by atoms with Crippen molar-refractivity contribution in [3.8, 4) is 0 Å². The van der Waals surface area contributed by atoms with E-state index in [1.807, 2.05) is 4.90 Å². The predicted octanol–water partition coefficient (Wildman–Crippen LogP) is 1.60. The van der Waals surface area contributed by atoms with Crippen LogP contribution in [0.2, 0.25) is 0 Å². The topological polar surface area (TPSA) is 26.8 Å². The number of aryl methyl sites for hydroxylation is 1. The van der Waals surface area contributed by atoms with E-state index in [-0.39, 0.29) is 0 Å². The van der Waals surface area contributed by atoms with Gasteiger partial charge in [-0.2, -0.15) is 0 Å². The van der Waals surface area contributed by atoms with E-state index in [4.69, 9.17) is 0 Å². The molecule has 2 heterocycles. The molecule has 2 aliphatic rings. The molecule has 0 N–H and O–H groups in total. The van der Waals surface area contributed by atoms with Crippen LogP contribution in [0.3, 0.4) is 0 Å². The molecule has 1 fully saturated rings. The molecule has 0 bridgehead atoms. The monoisotopic (exact) mass is 287 g/mol. The molecular formula is C17H25N3O. The molecule has 21 heavy (non-hydrogen) atoms. The lowest BCUT2D eigenvalue weighted by Gasteiger charge is -2.34. The zero-order chi connectivity index (χ0) is 14.7. The van der Waals surface area contributed by atoms with Crippen LogP contribution in [0.1, 0.15) is 18.4 Å². The highest BCUT2D eigenvalue weighted by atomic mass is 16.2. The Balaban J connectivity index is 1.55. The molecule has 0 atom stereocenters. The number of fused-ring (bicyclic) bond motifs is 1. The first-order valence-corrected chi connectivity index (χ1v) is 8.03. The number of likely N-dealkylation sites (N-methyl/N-ethyl adjacent to an activating group) is 1. The smallest absolute Gasteiger partial charge is 0.224 e. The van der Waals surface area contributed by atoms with Crippen LogP contribution >= 0.6 is 0 Å². The van der Waals surface area contributed by atoms with Gasteiger partial charge in [-0.05, 0) is 31.5 Å². The van der Waals surface area contributed by atoms with Gasteiger partial charge in [-0.25, -0.2) is 0 Å². The summed E-state index contributed by atoms with van der Waals surface area (Å²) in [5.74, 6) is 0.311. The second kappa shape index (κ2) is 6.48. The highest BCUT2D eigenvalue weighted by Gasteiger charge is 2.21. The SMILES string of the molecule is CN1CCN(C(=O)CCN2CCCc3ccccc32)CC1. The number of nitrogens with zero attached hydrogens (tertiary/aromatic N) is 3. The number of carbonyl (C=O) groups is 1. The van der Waals surface area contributed by atoms with E-state index in [0.717, 1.165) is 39.3 Å². The zero-order valence-electron chi connectivity index (χ0n) is 12.9. The fourth-order valence-corrected chi connectivity index (χ4v) is 3.29. The molecule has 1 aromatic rings. The van der Waals surface area contributed by atoms with Crippen molar-refractivity contribution in [1.29, 1.82) is 0 Å². The van der Waals surface area contributed by atoms with E-state index in [0.29, 0.717) is 12.3 Å². The van der Waals surface area contributed by atoms with Gasteiger partial charge in [-0.15, -0.1) is 0 Å². The molecule has 0 unspecified atom stereocenters. The summed E-state index contributed by atoms with van der Waals surface area (Å²) in [5, 5.41) is 0. The number of anilines is 1. The largest absolute Gasteiger partial charge is 0.371 e. The Labute approximate surface area is 127 Å². The highest BCUT2D eigenvalue weighted by molar-refractivity contribution is 5.77. The van der Waals surface area contributed by atoms with Gasteiger partial charge < -0.3 is 14.7 Å². The summed E-state index contributed by atoms with van der Waals surface area (Å²) in [5.41, 5.74) is 2.76. The first-order valence-electron chi connectivity index (χ1n) is 8.03. The van der Waals surface area contributed by atoms with Crippen LogP contribution < -0.4 is 4.90 Å². The van der Waals surface area contributed by atoms with Gasteiger partial charge in [0, 0.05) is 51.4 Å². The summed E-state index contributed by atoms with van der Waals surface area (Å²) < 4.78 is 0. The Bertz CT molecular complexity index is 495. The number of amides is 1. The molecule has 3 rings (SSSR count). The maximum Gasteiger partial charge on any atom is 0.224 e. The van der Waals surface area contributed by atoms with E-state index >= 15 is 0 Å². The first-order chi connectivity index (χ1) is 10.2. The van der Waals surface area contributed by atoms with Gasteiger partial charge in [-0.3, -0.25) is 4.79 Å². The molecule has 4 heteroatoms. The van der Waals surface area contributed by atoms with Crippen molar-refractivity contribution in [2.75, 3.05) is 51.2 Å². The molecule has 0 radical (unpaired) electrons. The van der Waals surface area contributed by atoms with Crippen molar-refractivity contribution in [2.24, 2.45) is 0 Å². The molecule has 2 aliphatic heterocycles. The Morgan fingerprint density at radius 2 is 1.86 bits per heavy atom. The maximum absolute atomic E-state index is 12.3. The summed E-state index contributed by atoms with van der Waals surface area (Å²) in [4.78, 5) is 19.0. The second-order valence-corrected chi connectivity index (χ2v) is 6.15. The summed E-state index contributed by atoms with van der Waals surface area (Å²) >= 11 is 0. The minimum Gasteiger partial charge on any atom is -0.371 e. The third kappa shape index (κ3) is 3.38. The van der Waals surface area contributed by atoms with E-state index in [1.165, 1.54) is 24.1 Å². The Hall–Kier alpha value is -1.55. The van der Waals surface area contributed by atoms with Crippen molar-refractivity contribution in [2.45, 2.75) is 19.3 Å². The number of rotatable bonds is 3. The van der Waals surface area contributed by atoms with Gasteiger partial charge in [0.15, 0.2) is 0 Å². The van der Waals surface area contributed by atoms with E-state index in [1.54, 1.807) is 0 Å². The third-order valence-electron chi connectivity index (χ3n) is 4.66. The lowest BCUT2D eigenvalue weighted by Crippen LogP contribution is -2.47. The molecule has 0 spiro atoms. The molecule has 0 aromatic heterocycles. The molecule has 1 saturated heterocycles. The fourth-order valence-electron chi connectivity index (χ4n) is 3.29. The molecule has 114 valence electrons. The lowest BCUT2D eigenvalue weighted by atomic mass is 10.0. The van der Waals surface area contributed by atoms with Crippen molar-refractivity contribution in [1.82, 2.24) is 9.80 Å². The molecule has 1 amide bonds. The van der Waals surface area contributed by atoms with E-state index in [9.17, 15) is 4.79 Å². The number of benzene rings is 1. The molecular weight excluding hydrogens is 262 g/mol. The van der Waals surface area contributed by atoms with Gasteiger partial charge in [0.05, 0.1) is 0 Å². The van der Waals surface area contributed by atoms with Crippen LogP contribution in [0.25, 0.3) is 0 Å². The average molecular weight is 287 g/mol. The standard InChI is InChI=1S/C17H25N3O/c1-18-11-13-20(14-12-18)17(21)8-10-19-9-4-6-15-5-2-3-7-16(15)19/h2-3,5,7H,4,6,8-14H2,1H3. The highest BCUT2D eigenvalue weighted by Crippen LogP contribution is 2.26. The van der Waals surface area contributed by atoms with Crippen LogP contribution in [-0.4, -0.2) is 62.0 Å². The molecule has 1 aromatic carbocycles. The Morgan fingerprint density at radius 1 is 1.10 bits per heavy atom. The molecule has 0 aliphatic carbocycles. The van der Waals surface area contributed by atoms with Gasteiger partial charge in [0.1, 0.15) is 0 Å². The van der Waals surface area contributed by atoms with E-state index < -0.39 is 0 Å². The Morgan fingerprint density at radius 3 is 2.67 bits per heavy atom. The molecule has 4 nitrogen and oxygen atoms in total. The zero-order valence-corrected chi connectivity index (χ0v) is 12.9. The maximum atomic E-state index is 12.3. The van der Waals surface area contributed by atoms with Crippen LogP contribution in [0.5, 0.6) is 0 Å². The quantitative estimate of drug-likeness (QED) is 0.845. The van der Waals surface area contributed by atoms with Gasteiger partial charge in [0.25, 0.3) is 0 Å². The van der Waals surface area contributed by atoms with Crippen molar-refractivity contribution in [3.05, 3.63) is 29.8 Å². The van der Waals surface area contributed by atoms with Crippen LogP contribution in [0.15, 0.2) is 24.3 Å². The minimum atomic E-state index is 0.311. The summed E-state index contributed by atoms with van der Waals surface area (Å²) in [7, 11) is 2.12. The summed E-state index contributed by atoms with van der Waals surface area (Å²) in [6.45, 7) is 5.68. The van der Waals surface area contributed by atoms with Crippen molar-refractivity contribution < 1.29 is 4.79 Å². The van der Waals surface area contributed by atoms with Crippen LogP contribution in [0, 0.1) is 0 Å². The van der Waals surface area contributed by atoms with Crippen LogP contribution in [-0.2, 0) is 11.2 Å². The van der Waals surface area contributed by atoms with Gasteiger partial charge in [-0.1, -0.05) is 18.2 Å². The van der Waals surface area contributed by atoms with Crippen molar-refractivity contribution >= 4 is 11.6 Å². The Kier molecular flexibility index (Phi) is 4.44. The van der Waals surface area contributed by atoms with Gasteiger partial charge in [0.2, 0.25) is 5.91 Å². The lowest BCUT2D eigenvalue weighted by molar-refractivity contribution is -0.132. The minimum absolute atomic E-state index is 0.311. The second-order valence-electron chi connectivity index (χ2n) is 6.15. The summed E-state index contributed by atoms with van der Waals surface area (Å²) in [6, 6.07) is 8.61. The number of hydrogen-bond donors (Lipinski definition) is 0.